The number of carbonyl (C=O) groups excluding carboxylic acids is 2. The van der Waals surface area contributed by atoms with E-state index in [0.29, 0.717) is 5.57 Å². The molecule has 1 saturated heterocycles. The molecule has 0 aromatic rings. The summed E-state index contributed by atoms with van der Waals surface area (Å²) in [6, 6.07) is 0. The minimum Gasteiger partial charge on any atom is -0.292 e. The maximum Gasteiger partial charge on any atom is 0.253 e. The summed E-state index contributed by atoms with van der Waals surface area (Å²) in [6.07, 6.45) is 0. The van der Waals surface area contributed by atoms with E-state index in [0.717, 1.165) is 0 Å². The summed E-state index contributed by atoms with van der Waals surface area (Å²) in [5, 5.41) is 2.14. The lowest BCUT2D eigenvalue weighted by Gasteiger charge is -1.91. The molecule has 9 heavy (non-hydrogen) atoms. The zero-order chi connectivity index (χ0) is 7.02. The van der Waals surface area contributed by atoms with Crippen LogP contribution in [0.4, 0.5) is 0 Å². The molecule has 0 aliphatic carbocycles. The van der Waals surface area contributed by atoms with E-state index in [1.54, 1.807) is 6.92 Å². The van der Waals surface area contributed by atoms with Gasteiger partial charge in [-0.15, -0.1) is 0 Å². The van der Waals surface area contributed by atoms with Crippen molar-refractivity contribution in [3.8, 4) is 0 Å². The Labute approximate surface area is 52.7 Å². The average Bonchev–Trinajstić information content (AvgIpc) is 1.98. The molecule has 1 N–H and O–H groups in total. The summed E-state index contributed by atoms with van der Waals surface area (Å²) >= 11 is 0. The van der Waals surface area contributed by atoms with Crippen molar-refractivity contribution in [2.45, 2.75) is 6.92 Å². The van der Waals surface area contributed by atoms with Crippen LogP contribution in [-0.2, 0) is 9.59 Å². The van der Waals surface area contributed by atoms with Gasteiger partial charge in [0.1, 0.15) is 0 Å². The number of hydrogen-bond acceptors (Lipinski definition) is 2. The van der Waals surface area contributed by atoms with Crippen molar-refractivity contribution in [3.05, 3.63) is 12.2 Å². The van der Waals surface area contributed by atoms with Crippen molar-refractivity contribution in [3.63, 3.8) is 0 Å². The van der Waals surface area contributed by atoms with E-state index in [9.17, 15) is 9.59 Å². The fourth-order valence-electron chi connectivity index (χ4n) is 0.655. The number of hydrogen-bond donors (Lipinski definition) is 1. The highest BCUT2D eigenvalue weighted by Crippen LogP contribution is 2.13. The third-order valence-electron chi connectivity index (χ3n) is 1.44. The van der Waals surface area contributed by atoms with Crippen molar-refractivity contribution < 1.29 is 9.59 Å². The van der Waals surface area contributed by atoms with E-state index in [4.69, 9.17) is 0 Å². The van der Waals surface area contributed by atoms with Gasteiger partial charge < -0.3 is 0 Å². The van der Waals surface area contributed by atoms with E-state index in [-0.39, 0.29) is 17.7 Å². The minimum atomic E-state index is -0.340. The van der Waals surface area contributed by atoms with E-state index in [2.05, 4.69) is 11.9 Å². The molecule has 1 unspecified atom stereocenters. The predicted molar refractivity (Wildman–Crippen MR) is 31.5 cm³/mol. The number of imide groups is 1. The molecule has 1 aliphatic heterocycles. The van der Waals surface area contributed by atoms with Crippen LogP contribution < -0.4 is 5.32 Å². The predicted octanol–water partition coefficient (Wildman–Crippen LogP) is -0.165. The van der Waals surface area contributed by atoms with Crippen molar-refractivity contribution >= 4 is 11.8 Å². The summed E-state index contributed by atoms with van der Waals surface area (Å²) < 4.78 is 0. The Bertz CT molecular complexity index is 195. The smallest absolute Gasteiger partial charge is 0.253 e. The normalized spacial score (nSPS) is 26.8. The summed E-state index contributed by atoms with van der Waals surface area (Å²) in [5.74, 6) is -0.921. The van der Waals surface area contributed by atoms with Crippen LogP contribution >= 0.6 is 0 Å². The van der Waals surface area contributed by atoms with Crippen LogP contribution in [0.2, 0.25) is 0 Å². The first-order valence-corrected chi connectivity index (χ1v) is 2.67. The monoisotopic (exact) mass is 125 g/mol. The summed E-state index contributed by atoms with van der Waals surface area (Å²) in [4.78, 5) is 21.2. The van der Waals surface area contributed by atoms with Gasteiger partial charge in [-0.25, -0.2) is 0 Å². The Hall–Kier alpha value is -1.12. The fourth-order valence-corrected chi connectivity index (χ4v) is 0.655. The maximum atomic E-state index is 10.6. The van der Waals surface area contributed by atoms with Gasteiger partial charge in [0.05, 0.1) is 5.92 Å². The molecule has 0 aromatic carbocycles. The number of amides is 2. The molecule has 1 rings (SSSR count). The van der Waals surface area contributed by atoms with Gasteiger partial charge in [0, 0.05) is 5.57 Å². The van der Waals surface area contributed by atoms with Crippen molar-refractivity contribution in [2.75, 3.05) is 0 Å². The molecule has 0 bridgehead atoms. The molecule has 0 saturated carbocycles. The second-order valence-electron chi connectivity index (χ2n) is 2.07. The molecule has 1 heterocycles. The standard InChI is InChI=1S/C6H7NO2/c1-3-4(2)6(9)7-5(3)8/h4H,1H2,2H3,(H,7,8,9). The zero-order valence-electron chi connectivity index (χ0n) is 5.10. The molecule has 48 valence electrons. The Morgan fingerprint density at radius 2 is 2.11 bits per heavy atom. The Balaban J connectivity index is 2.90. The number of carbonyl (C=O) groups is 2. The number of nitrogens with one attached hydrogen (secondary N) is 1. The van der Waals surface area contributed by atoms with Crippen LogP contribution in [0, 0.1) is 5.92 Å². The van der Waals surface area contributed by atoms with Crippen LogP contribution in [-0.4, -0.2) is 11.8 Å². The lowest BCUT2D eigenvalue weighted by molar-refractivity contribution is -0.125. The van der Waals surface area contributed by atoms with Crippen molar-refractivity contribution in [2.24, 2.45) is 5.92 Å². The highest BCUT2D eigenvalue weighted by atomic mass is 16.2. The van der Waals surface area contributed by atoms with Gasteiger partial charge >= 0.3 is 0 Å². The third kappa shape index (κ3) is 0.740. The second-order valence-corrected chi connectivity index (χ2v) is 2.07. The summed E-state index contributed by atoms with van der Waals surface area (Å²) in [6.45, 7) is 5.09. The van der Waals surface area contributed by atoms with Gasteiger partial charge in [-0.05, 0) is 6.92 Å². The highest BCUT2D eigenvalue weighted by Gasteiger charge is 2.30. The molecular formula is C6H7NO2. The molecule has 2 amide bonds. The molecule has 3 heteroatoms. The van der Waals surface area contributed by atoms with Gasteiger partial charge in [0.15, 0.2) is 0 Å². The maximum absolute atomic E-state index is 10.6. The minimum absolute atomic E-state index is 0.245. The van der Waals surface area contributed by atoms with Crippen LogP contribution in [0.5, 0.6) is 0 Å². The lowest BCUT2D eigenvalue weighted by atomic mass is 10.1. The van der Waals surface area contributed by atoms with Crippen LogP contribution in [0.3, 0.4) is 0 Å². The first kappa shape index (κ1) is 6.01. The van der Waals surface area contributed by atoms with E-state index in [1.807, 2.05) is 0 Å². The first-order chi connectivity index (χ1) is 4.13. The lowest BCUT2D eigenvalue weighted by Crippen LogP contribution is -2.21. The molecule has 0 aromatic heterocycles. The number of rotatable bonds is 0. The van der Waals surface area contributed by atoms with Crippen LogP contribution in [0.15, 0.2) is 12.2 Å². The third-order valence-corrected chi connectivity index (χ3v) is 1.44. The first-order valence-electron chi connectivity index (χ1n) is 2.67. The Morgan fingerprint density at radius 1 is 1.56 bits per heavy atom. The molecule has 1 fully saturated rings. The summed E-state index contributed by atoms with van der Waals surface area (Å²) in [7, 11) is 0. The quantitative estimate of drug-likeness (QED) is 0.361. The topological polar surface area (TPSA) is 46.2 Å². The molecule has 3 nitrogen and oxygen atoms in total. The summed E-state index contributed by atoms with van der Waals surface area (Å²) in [5.41, 5.74) is 0.361. The van der Waals surface area contributed by atoms with Crippen molar-refractivity contribution in [1.29, 1.82) is 0 Å². The van der Waals surface area contributed by atoms with E-state index in [1.165, 1.54) is 0 Å². The zero-order valence-corrected chi connectivity index (χ0v) is 5.10. The molecular weight excluding hydrogens is 118 g/mol. The van der Waals surface area contributed by atoms with Gasteiger partial charge in [0.25, 0.3) is 5.91 Å². The van der Waals surface area contributed by atoms with Gasteiger partial charge in [-0.2, -0.15) is 0 Å². The highest BCUT2D eigenvalue weighted by molar-refractivity contribution is 6.14. The van der Waals surface area contributed by atoms with Crippen LogP contribution in [0.1, 0.15) is 6.92 Å². The van der Waals surface area contributed by atoms with Crippen molar-refractivity contribution in [1.82, 2.24) is 5.32 Å². The van der Waals surface area contributed by atoms with Gasteiger partial charge in [0.2, 0.25) is 5.91 Å². The average molecular weight is 125 g/mol. The Morgan fingerprint density at radius 3 is 2.22 bits per heavy atom. The van der Waals surface area contributed by atoms with Gasteiger partial charge in [-0.1, -0.05) is 6.58 Å². The Kier molecular flexibility index (Phi) is 1.12. The second kappa shape index (κ2) is 1.69. The SMILES string of the molecule is C=C1C(=O)NC(=O)C1C. The van der Waals surface area contributed by atoms with E-state index >= 15 is 0 Å². The fraction of sp³-hybridized carbons (Fsp3) is 0.333. The molecule has 1 aliphatic rings. The molecule has 0 spiro atoms. The largest absolute Gasteiger partial charge is 0.292 e. The van der Waals surface area contributed by atoms with Gasteiger partial charge in [-0.3, -0.25) is 14.9 Å². The molecule has 0 radical (unpaired) electrons. The van der Waals surface area contributed by atoms with Crippen LogP contribution in [0.25, 0.3) is 0 Å². The molecule has 1 atom stereocenters. The van der Waals surface area contributed by atoms with E-state index < -0.39 is 0 Å².